The Kier molecular flexibility index (Phi) is 3.81. The topological polar surface area (TPSA) is 70.5 Å². The van der Waals surface area contributed by atoms with Crippen molar-refractivity contribution in [2.45, 2.75) is 25.3 Å². The molecule has 1 aliphatic rings. The van der Waals surface area contributed by atoms with Crippen LogP contribution in [0.15, 0.2) is 18.5 Å². The van der Waals surface area contributed by atoms with E-state index in [1.165, 1.54) is 12.4 Å². The van der Waals surface area contributed by atoms with Crippen LogP contribution in [0.25, 0.3) is 0 Å². The van der Waals surface area contributed by atoms with Gasteiger partial charge in [0.05, 0.1) is 17.0 Å². The van der Waals surface area contributed by atoms with Crippen LogP contribution in [0.4, 0.5) is 0 Å². The van der Waals surface area contributed by atoms with Crippen molar-refractivity contribution in [3.05, 3.63) is 29.0 Å². The number of carbonyl (C=O) groups is 2. The second-order valence-electron chi connectivity index (χ2n) is 4.23. The normalized spacial score (nSPS) is 14.3. The van der Waals surface area contributed by atoms with Gasteiger partial charge in [-0.05, 0) is 18.9 Å². The minimum Gasteiger partial charge on any atom is -0.481 e. The summed E-state index contributed by atoms with van der Waals surface area (Å²) >= 11 is 5.92. The summed E-state index contributed by atoms with van der Waals surface area (Å²) in [6, 6.07) is 1.71. The predicted molar refractivity (Wildman–Crippen MR) is 65.6 cm³/mol. The average molecular weight is 269 g/mol. The summed E-state index contributed by atoms with van der Waals surface area (Å²) < 4.78 is 0. The summed E-state index contributed by atoms with van der Waals surface area (Å²) in [6.45, 7) is 0.220. The first-order chi connectivity index (χ1) is 8.59. The van der Waals surface area contributed by atoms with Crippen molar-refractivity contribution < 1.29 is 14.7 Å². The maximum Gasteiger partial charge on any atom is 0.305 e. The standard InChI is InChI=1S/C12H13ClN2O3/c13-10-7-14-5-3-9(10)12(18)15(8-1-2-8)6-4-11(16)17/h3,5,7-8H,1-2,4,6H2,(H,16,17). The van der Waals surface area contributed by atoms with E-state index < -0.39 is 5.97 Å². The van der Waals surface area contributed by atoms with Crippen molar-refractivity contribution in [2.75, 3.05) is 6.54 Å². The van der Waals surface area contributed by atoms with Gasteiger partial charge in [0.1, 0.15) is 0 Å². The summed E-state index contributed by atoms with van der Waals surface area (Å²) in [7, 11) is 0. The van der Waals surface area contributed by atoms with Gasteiger partial charge in [-0.25, -0.2) is 0 Å². The molecule has 1 amide bonds. The highest BCUT2D eigenvalue weighted by atomic mass is 35.5. The zero-order valence-electron chi connectivity index (χ0n) is 9.67. The lowest BCUT2D eigenvalue weighted by Crippen LogP contribution is -2.35. The number of hydrogen-bond donors (Lipinski definition) is 1. The van der Waals surface area contributed by atoms with E-state index in [9.17, 15) is 9.59 Å². The Morgan fingerprint density at radius 2 is 2.22 bits per heavy atom. The monoisotopic (exact) mass is 268 g/mol. The second-order valence-corrected chi connectivity index (χ2v) is 4.64. The van der Waals surface area contributed by atoms with E-state index in [1.54, 1.807) is 11.0 Å². The average Bonchev–Trinajstić information content (AvgIpc) is 3.13. The summed E-state index contributed by atoms with van der Waals surface area (Å²) in [4.78, 5) is 28.3. The number of pyridine rings is 1. The number of rotatable bonds is 5. The van der Waals surface area contributed by atoms with E-state index in [0.29, 0.717) is 10.6 Å². The maximum atomic E-state index is 12.3. The van der Waals surface area contributed by atoms with Crippen molar-refractivity contribution >= 4 is 23.5 Å². The first-order valence-corrected chi connectivity index (χ1v) is 6.09. The molecule has 18 heavy (non-hydrogen) atoms. The highest BCUT2D eigenvalue weighted by Gasteiger charge is 2.33. The van der Waals surface area contributed by atoms with E-state index in [4.69, 9.17) is 16.7 Å². The van der Waals surface area contributed by atoms with Gasteiger partial charge in [-0.1, -0.05) is 11.6 Å². The molecule has 1 saturated carbocycles. The first-order valence-electron chi connectivity index (χ1n) is 5.72. The number of aromatic nitrogens is 1. The summed E-state index contributed by atoms with van der Waals surface area (Å²) in [5.74, 6) is -1.12. The molecular formula is C12H13ClN2O3. The fourth-order valence-electron chi connectivity index (χ4n) is 1.76. The number of aliphatic carboxylic acids is 1. The van der Waals surface area contributed by atoms with Crippen LogP contribution >= 0.6 is 11.6 Å². The number of halogens is 1. The molecule has 5 nitrogen and oxygen atoms in total. The van der Waals surface area contributed by atoms with Crippen LogP contribution < -0.4 is 0 Å². The van der Waals surface area contributed by atoms with Crippen LogP contribution in [0.3, 0.4) is 0 Å². The number of hydrogen-bond acceptors (Lipinski definition) is 3. The van der Waals surface area contributed by atoms with Crippen LogP contribution in [-0.4, -0.2) is 39.5 Å². The summed E-state index contributed by atoms with van der Waals surface area (Å²) in [6.07, 6.45) is 4.71. The molecule has 2 rings (SSSR count). The second kappa shape index (κ2) is 5.35. The van der Waals surface area contributed by atoms with Gasteiger partial charge >= 0.3 is 5.97 Å². The van der Waals surface area contributed by atoms with Crippen molar-refractivity contribution in [1.82, 2.24) is 9.88 Å². The molecule has 0 spiro atoms. The van der Waals surface area contributed by atoms with Crippen molar-refractivity contribution in [2.24, 2.45) is 0 Å². The van der Waals surface area contributed by atoms with Crippen LogP contribution in [0, 0.1) is 0 Å². The lowest BCUT2D eigenvalue weighted by molar-refractivity contribution is -0.137. The Morgan fingerprint density at radius 1 is 1.50 bits per heavy atom. The van der Waals surface area contributed by atoms with Crippen molar-refractivity contribution in [3.8, 4) is 0 Å². The Bertz CT molecular complexity index is 474. The van der Waals surface area contributed by atoms with Gasteiger partial charge in [-0.2, -0.15) is 0 Å². The first kappa shape index (κ1) is 12.8. The van der Waals surface area contributed by atoms with Crippen LogP contribution in [-0.2, 0) is 4.79 Å². The lowest BCUT2D eigenvalue weighted by atomic mass is 10.2. The van der Waals surface area contributed by atoms with Gasteiger partial charge in [-0.3, -0.25) is 14.6 Å². The highest BCUT2D eigenvalue weighted by molar-refractivity contribution is 6.33. The molecule has 1 N–H and O–H groups in total. The molecule has 0 saturated heterocycles. The molecule has 96 valence electrons. The van der Waals surface area contributed by atoms with Crippen LogP contribution in [0.5, 0.6) is 0 Å². The fourth-order valence-corrected chi connectivity index (χ4v) is 1.96. The molecule has 0 aromatic carbocycles. The third kappa shape index (κ3) is 2.98. The molecular weight excluding hydrogens is 256 g/mol. The Morgan fingerprint density at radius 3 is 2.78 bits per heavy atom. The third-order valence-corrected chi connectivity index (χ3v) is 3.12. The predicted octanol–water partition coefficient (Wildman–Crippen LogP) is 1.81. The van der Waals surface area contributed by atoms with Crippen molar-refractivity contribution in [3.63, 3.8) is 0 Å². The molecule has 1 aromatic rings. The molecule has 0 unspecified atom stereocenters. The van der Waals surface area contributed by atoms with Gasteiger partial charge in [0, 0.05) is 25.0 Å². The largest absolute Gasteiger partial charge is 0.481 e. The lowest BCUT2D eigenvalue weighted by Gasteiger charge is -2.22. The van der Waals surface area contributed by atoms with E-state index in [1.807, 2.05) is 0 Å². The van der Waals surface area contributed by atoms with Gasteiger partial charge in [0.2, 0.25) is 0 Å². The minimum atomic E-state index is -0.908. The van der Waals surface area contributed by atoms with Gasteiger partial charge in [0.25, 0.3) is 5.91 Å². The van der Waals surface area contributed by atoms with E-state index in [2.05, 4.69) is 4.98 Å². The molecule has 0 atom stereocenters. The molecule has 1 aromatic heterocycles. The molecule has 0 aliphatic heterocycles. The quantitative estimate of drug-likeness (QED) is 0.884. The summed E-state index contributed by atoms with van der Waals surface area (Å²) in [5, 5.41) is 8.99. The summed E-state index contributed by atoms with van der Waals surface area (Å²) in [5.41, 5.74) is 0.379. The Labute approximate surface area is 109 Å². The Hall–Kier alpha value is -1.62. The molecule has 1 heterocycles. The zero-order chi connectivity index (χ0) is 13.1. The number of carboxylic acid groups (broad SMARTS) is 1. The number of amides is 1. The number of nitrogens with zero attached hydrogens (tertiary/aromatic N) is 2. The van der Waals surface area contributed by atoms with Gasteiger partial charge < -0.3 is 10.0 Å². The number of carbonyl (C=O) groups excluding carboxylic acids is 1. The van der Waals surface area contributed by atoms with Gasteiger partial charge in [-0.15, -0.1) is 0 Å². The van der Waals surface area contributed by atoms with Crippen molar-refractivity contribution in [1.29, 1.82) is 0 Å². The third-order valence-electron chi connectivity index (χ3n) is 2.82. The van der Waals surface area contributed by atoms with Crippen LogP contribution in [0.2, 0.25) is 5.02 Å². The molecule has 6 heteroatoms. The molecule has 0 bridgehead atoms. The van der Waals surface area contributed by atoms with E-state index >= 15 is 0 Å². The smallest absolute Gasteiger partial charge is 0.305 e. The fraction of sp³-hybridized carbons (Fsp3) is 0.417. The molecule has 0 radical (unpaired) electrons. The maximum absolute atomic E-state index is 12.3. The van der Waals surface area contributed by atoms with Gasteiger partial charge in [0.15, 0.2) is 0 Å². The number of carboxylic acids is 1. The van der Waals surface area contributed by atoms with E-state index in [-0.39, 0.29) is 24.9 Å². The highest BCUT2D eigenvalue weighted by Crippen LogP contribution is 2.29. The molecule has 1 aliphatic carbocycles. The minimum absolute atomic E-state index is 0.0507. The van der Waals surface area contributed by atoms with E-state index in [0.717, 1.165) is 12.8 Å². The Balaban J connectivity index is 2.13. The SMILES string of the molecule is O=C(O)CCN(C(=O)c1ccncc1Cl)C1CC1. The molecule has 1 fully saturated rings. The zero-order valence-corrected chi connectivity index (χ0v) is 10.4. The van der Waals surface area contributed by atoms with Crippen LogP contribution in [0.1, 0.15) is 29.6 Å².